The summed E-state index contributed by atoms with van der Waals surface area (Å²) < 4.78 is 10.7. The molecule has 0 saturated heterocycles. The van der Waals surface area contributed by atoms with Crippen LogP contribution < -0.4 is 16.5 Å². The molecule has 0 spiro atoms. The molecule has 0 atom stereocenters. The van der Waals surface area contributed by atoms with Crippen molar-refractivity contribution in [3.8, 4) is 11.5 Å². The zero-order valence-corrected chi connectivity index (χ0v) is 19.5. The van der Waals surface area contributed by atoms with Gasteiger partial charge in [-0.25, -0.2) is 0 Å². The Balaban J connectivity index is 1.88. The molecule has 5 nitrogen and oxygen atoms in total. The van der Waals surface area contributed by atoms with Crippen LogP contribution in [0.4, 0.5) is 0 Å². The predicted molar refractivity (Wildman–Crippen MR) is 123 cm³/mol. The summed E-state index contributed by atoms with van der Waals surface area (Å²) in [5.41, 5.74) is 0.674. The predicted octanol–water partition coefficient (Wildman–Crippen LogP) is 2.41. The van der Waals surface area contributed by atoms with Gasteiger partial charge in [0.05, 0.1) is 0 Å². The summed E-state index contributed by atoms with van der Waals surface area (Å²) in [6.07, 6.45) is 3.33. The van der Waals surface area contributed by atoms with Gasteiger partial charge < -0.3 is 0 Å². The second-order valence-electron chi connectivity index (χ2n) is 7.14. The molecule has 0 N–H and O–H groups in total. The van der Waals surface area contributed by atoms with Gasteiger partial charge in [-0.2, -0.15) is 0 Å². The first kappa shape index (κ1) is 19.5. The van der Waals surface area contributed by atoms with Crippen LogP contribution in [0.1, 0.15) is 0 Å². The van der Waals surface area contributed by atoms with Gasteiger partial charge in [0.1, 0.15) is 0 Å². The van der Waals surface area contributed by atoms with Crippen molar-refractivity contribution in [2.45, 2.75) is 0 Å². The normalized spacial score (nSPS) is 11.4. The summed E-state index contributed by atoms with van der Waals surface area (Å²) in [6, 6.07) is 34.3. The van der Waals surface area contributed by atoms with E-state index in [4.69, 9.17) is 9.52 Å². The average Bonchev–Trinajstić information content (AvgIpc) is 3.24. The number of hydrogen-bond acceptors (Lipinski definition) is 4. The maximum atomic E-state index is 13.3. The summed E-state index contributed by atoms with van der Waals surface area (Å²) in [7, 11) is 0. The number of rotatable bonds is 5. The van der Waals surface area contributed by atoms with Crippen LogP contribution in [0.15, 0.2) is 125 Å². The Morgan fingerprint density at radius 3 is 1.65 bits per heavy atom. The van der Waals surface area contributed by atoms with Crippen molar-refractivity contribution >= 4 is 29.4 Å². The molecule has 5 rings (SSSR count). The maximum absolute atomic E-state index is 13.3. The van der Waals surface area contributed by atoms with Gasteiger partial charge >= 0.3 is 184 Å². The fourth-order valence-electron chi connectivity index (χ4n) is 4.00. The molecular weight excluding hydrogens is 493 g/mol. The van der Waals surface area contributed by atoms with Crippen LogP contribution in [-0.2, 0) is 0 Å². The van der Waals surface area contributed by atoms with Crippen molar-refractivity contribution in [2.24, 2.45) is 0 Å². The number of nitrogens with zero attached hydrogens (tertiary/aromatic N) is 3. The van der Waals surface area contributed by atoms with Crippen molar-refractivity contribution in [1.29, 1.82) is 0 Å². The monoisotopic (exact) mass is 513 g/mol. The Labute approximate surface area is 183 Å². The second kappa shape index (κ2) is 8.35. The van der Waals surface area contributed by atoms with Gasteiger partial charge in [-0.1, -0.05) is 0 Å². The van der Waals surface area contributed by atoms with Crippen LogP contribution in [0, 0.1) is 0 Å². The summed E-state index contributed by atoms with van der Waals surface area (Å²) in [5, 5.41) is 4.77. The molecule has 0 amide bonds. The van der Waals surface area contributed by atoms with Crippen LogP contribution in [-0.4, -0.2) is 31.6 Å². The molecule has 0 saturated carbocycles. The van der Waals surface area contributed by atoms with E-state index in [0.29, 0.717) is 5.56 Å². The van der Waals surface area contributed by atoms with Crippen molar-refractivity contribution in [2.75, 3.05) is 0 Å². The van der Waals surface area contributed by atoms with Crippen LogP contribution in [0.25, 0.3) is 11.5 Å². The third kappa shape index (κ3) is 3.40. The molecular formula is C25H19N3O2Sn. The Morgan fingerprint density at radius 2 is 1.19 bits per heavy atom. The van der Waals surface area contributed by atoms with Crippen molar-refractivity contribution in [3.63, 3.8) is 0 Å². The number of benzene rings is 3. The van der Waals surface area contributed by atoms with E-state index >= 15 is 0 Å². The van der Waals surface area contributed by atoms with Crippen LogP contribution in [0.2, 0.25) is 0 Å². The SMILES string of the molecule is O=c1oc(-c2cccnc2)n[n]1[Sn]([c]1ccccc1)([c]1ccccc1)[c]1ccccc1. The van der Waals surface area contributed by atoms with Crippen LogP contribution in [0.3, 0.4) is 0 Å². The van der Waals surface area contributed by atoms with Gasteiger partial charge in [0.2, 0.25) is 0 Å². The molecule has 0 aliphatic carbocycles. The molecule has 2 aromatic heterocycles. The summed E-state index contributed by atoms with van der Waals surface area (Å²) in [4.78, 5) is 17.5. The van der Waals surface area contributed by atoms with Crippen LogP contribution >= 0.6 is 0 Å². The van der Waals surface area contributed by atoms with E-state index in [2.05, 4.69) is 41.4 Å². The quantitative estimate of drug-likeness (QED) is 0.340. The van der Waals surface area contributed by atoms with Gasteiger partial charge in [-0.05, 0) is 0 Å². The van der Waals surface area contributed by atoms with E-state index in [-0.39, 0.29) is 5.89 Å². The fraction of sp³-hybridized carbons (Fsp3) is 0. The minimum atomic E-state index is -4.14. The van der Waals surface area contributed by atoms with Gasteiger partial charge in [0.15, 0.2) is 0 Å². The first-order valence-electron chi connectivity index (χ1n) is 9.98. The molecule has 0 aliphatic heterocycles. The Hall–Kier alpha value is -3.45. The zero-order valence-electron chi connectivity index (χ0n) is 16.6. The van der Waals surface area contributed by atoms with Crippen molar-refractivity contribution in [1.82, 2.24) is 13.0 Å². The first-order valence-corrected chi connectivity index (χ1v) is 15.5. The van der Waals surface area contributed by atoms with Crippen molar-refractivity contribution in [3.05, 3.63) is 126 Å². The third-order valence-electron chi connectivity index (χ3n) is 5.35. The topological polar surface area (TPSA) is 60.9 Å². The van der Waals surface area contributed by atoms with E-state index < -0.39 is 24.4 Å². The minimum absolute atomic E-state index is 0.280. The number of pyridine rings is 1. The molecule has 3 aromatic carbocycles. The zero-order chi connectivity index (χ0) is 21.1. The number of hydrogen-bond donors (Lipinski definition) is 0. The molecule has 0 unspecified atom stereocenters. The first-order chi connectivity index (χ1) is 15.3. The Morgan fingerprint density at radius 1 is 0.677 bits per heavy atom. The fourth-order valence-corrected chi connectivity index (χ4v) is 16.3. The van der Waals surface area contributed by atoms with Gasteiger partial charge in [0.25, 0.3) is 0 Å². The van der Waals surface area contributed by atoms with E-state index in [1.54, 1.807) is 21.4 Å². The van der Waals surface area contributed by atoms with Gasteiger partial charge in [-0.3, -0.25) is 0 Å². The summed E-state index contributed by atoms with van der Waals surface area (Å²) in [6.45, 7) is 0. The Kier molecular flexibility index (Phi) is 5.26. The summed E-state index contributed by atoms with van der Waals surface area (Å²) in [5.74, 6) is -0.173. The van der Waals surface area contributed by atoms with E-state index in [9.17, 15) is 4.79 Å². The van der Waals surface area contributed by atoms with Gasteiger partial charge in [0, 0.05) is 0 Å². The second-order valence-corrected chi connectivity index (χ2v) is 17.3. The van der Waals surface area contributed by atoms with Crippen LogP contribution in [0.5, 0.6) is 0 Å². The van der Waals surface area contributed by atoms with Gasteiger partial charge in [-0.15, -0.1) is 0 Å². The molecule has 0 aliphatic rings. The molecule has 2 heterocycles. The molecule has 31 heavy (non-hydrogen) atoms. The summed E-state index contributed by atoms with van der Waals surface area (Å²) >= 11 is -4.14. The molecule has 5 aromatic rings. The number of aromatic nitrogens is 3. The van der Waals surface area contributed by atoms with E-state index in [1.807, 2.05) is 60.7 Å². The average molecular weight is 512 g/mol. The molecule has 150 valence electrons. The third-order valence-corrected chi connectivity index (χ3v) is 18.0. The van der Waals surface area contributed by atoms with E-state index in [1.165, 1.54) is 0 Å². The van der Waals surface area contributed by atoms with Crippen molar-refractivity contribution < 1.29 is 4.42 Å². The molecule has 0 bridgehead atoms. The van der Waals surface area contributed by atoms with E-state index in [0.717, 1.165) is 10.7 Å². The molecule has 0 radical (unpaired) electrons. The molecule has 0 fully saturated rings. The Bertz CT molecular complexity index is 1240. The standard InChI is InChI=1S/C7H5N3O2.3C6H5.Sn/c11-7-10-9-6(12-7)5-2-1-3-8-4-5;3*1-2-4-6-5-3-1;/h1-4H,(H,10,11);3*1-5H;/q;;;;+1/p-1. The molecule has 6 heteroatoms.